The minimum absolute atomic E-state index is 0.00672. The van der Waals surface area contributed by atoms with E-state index in [1.54, 1.807) is 0 Å². The predicted molar refractivity (Wildman–Crippen MR) is 90.5 cm³/mol. The standard InChI is InChI=1S/C16H24BrN3O/c1-13(20-9-5-2-6-10-20)11-18-12-16(21)19-15-8-4-3-7-14(15)17/h3-4,7-8,13,18H,2,5-6,9-12H2,1H3,(H,19,21). The molecule has 1 fully saturated rings. The number of anilines is 1. The predicted octanol–water partition coefficient (Wildman–Crippen LogP) is 2.85. The van der Waals surface area contributed by atoms with Gasteiger partial charge in [-0.1, -0.05) is 18.6 Å². The SMILES string of the molecule is CC(CNCC(=O)Nc1ccccc1Br)N1CCCCC1. The molecule has 0 spiro atoms. The zero-order chi connectivity index (χ0) is 15.1. The molecule has 116 valence electrons. The van der Waals surface area contributed by atoms with Gasteiger partial charge in [0.05, 0.1) is 12.2 Å². The number of rotatable bonds is 6. The highest BCUT2D eigenvalue weighted by Crippen LogP contribution is 2.20. The van der Waals surface area contributed by atoms with Gasteiger partial charge in [-0.25, -0.2) is 0 Å². The molecule has 0 saturated carbocycles. The van der Waals surface area contributed by atoms with Gasteiger partial charge < -0.3 is 10.6 Å². The van der Waals surface area contributed by atoms with Crippen LogP contribution in [0.1, 0.15) is 26.2 Å². The highest BCUT2D eigenvalue weighted by molar-refractivity contribution is 9.10. The van der Waals surface area contributed by atoms with Gasteiger partial charge in [0, 0.05) is 17.1 Å². The van der Waals surface area contributed by atoms with Crippen LogP contribution in [0.15, 0.2) is 28.7 Å². The van der Waals surface area contributed by atoms with Crippen molar-refractivity contribution in [1.82, 2.24) is 10.2 Å². The molecule has 1 saturated heterocycles. The zero-order valence-corrected chi connectivity index (χ0v) is 14.2. The van der Waals surface area contributed by atoms with Gasteiger partial charge in [0.25, 0.3) is 0 Å². The first-order chi connectivity index (χ1) is 10.2. The number of carbonyl (C=O) groups is 1. The Labute approximate surface area is 135 Å². The second kappa shape index (κ2) is 8.51. The minimum atomic E-state index is -0.00672. The molecule has 4 nitrogen and oxygen atoms in total. The fourth-order valence-corrected chi connectivity index (χ4v) is 3.02. The number of halogens is 1. The van der Waals surface area contributed by atoms with Gasteiger partial charge in [0.2, 0.25) is 5.91 Å². The second-order valence-electron chi connectivity index (χ2n) is 5.60. The van der Waals surface area contributed by atoms with E-state index in [0.29, 0.717) is 12.6 Å². The van der Waals surface area contributed by atoms with Gasteiger partial charge in [-0.3, -0.25) is 9.69 Å². The van der Waals surface area contributed by atoms with E-state index < -0.39 is 0 Å². The summed E-state index contributed by atoms with van der Waals surface area (Å²) in [6.07, 6.45) is 3.95. The van der Waals surface area contributed by atoms with Gasteiger partial charge in [0.15, 0.2) is 0 Å². The van der Waals surface area contributed by atoms with E-state index in [1.807, 2.05) is 24.3 Å². The summed E-state index contributed by atoms with van der Waals surface area (Å²) >= 11 is 3.43. The number of hydrogen-bond acceptors (Lipinski definition) is 3. The van der Waals surface area contributed by atoms with Crippen molar-refractivity contribution in [3.63, 3.8) is 0 Å². The first-order valence-corrected chi connectivity index (χ1v) is 8.45. The Morgan fingerprint density at radius 1 is 1.29 bits per heavy atom. The van der Waals surface area contributed by atoms with Crippen LogP contribution in [0.25, 0.3) is 0 Å². The summed E-state index contributed by atoms with van der Waals surface area (Å²) in [7, 11) is 0. The molecular weight excluding hydrogens is 330 g/mol. The van der Waals surface area contributed by atoms with Crippen molar-refractivity contribution in [3.8, 4) is 0 Å². The molecular formula is C16H24BrN3O. The normalized spacial score (nSPS) is 17.4. The van der Waals surface area contributed by atoms with Crippen molar-refractivity contribution in [1.29, 1.82) is 0 Å². The summed E-state index contributed by atoms with van der Waals surface area (Å²) in [5.41, 5.74) is 0.813. The van der Waals surface area contributed by atoms with Crippen LogP contribution in [0.2, 0.25) is 0 Å². The average molecular weight is 354 g/mol. The third kappa shape index (κ3) is 5.41. The molecule has 0 radical (unpaired) electrons. The Balaban J connectivity index is 1.68. The molecule has 0 aliphatic carbocycles. The van der Waals surface area contributed by atoms with Crippen LogP contribution in [0, 0.1) is 0 Å². The van der Waals surface area contributed by atoms with Crippen LogP contribution < -0.4 is 10.6 Å². The summed E-state index contributed by atoms with van der Waals surface area (Å²) in [6.45, 7) is 5.80. The van der Waals surface area contributed by atoms with Crippen molar-refractivity contribution < 1.29 is 4.79 Å². The van der Waals surface area contributed by atoms with Gasteiger partial charge in [-0.2, -0.15) is 0 Å². The van der Waals surface area contributed by atoms with Crippen LogP contribution in [0.4, 0.5) is 5.69 Å². The minimum Gasteiger partial charge on any atom is -0.324 e. The topological polar surface area (TPSA) is 44.4 Å². The molecule has 1 unspecified atom stereocenters. The van der Waals surface area contributed by atoms with Gasteiger partial charge in [-0.15, -0.1) is 0 Å². The Bertz CT molecular complexity index is 461. The number of para-hydroxylation sites is 1. The fraction of sp³-hybridized carbons (Fsp3) is 0.562. The van der Waals surface area contributed by atoms with Crippen LogP contribution in [-0.2, 0) is 4.79 Å². The number of benzene rings is 1. The summed E-state index contributed by atoms with van der Waals surface area (Å²) in [6, 6.07) is 8.13. The molecule has 5 heteroatoms. The molecule has 1 atom stereocenters. The Morgan fingerprint density at radius 3 is 2.71 bits per heavy atom. The lowest BCUT2D eigenvalue weighted by molar-refractivity contribution is -0.115. The summed E-state index contributed by atoms with van der Waals surface area (Å²) < 4.78 is 0.903. The van der Waals surface area contributed by atoms with Gasteiger partial charge >= 0.3 is 0 Å². The molecule has 0 bridgehead atoms. The monoisotopic (exact) mass is 353 g/mol. The van der Waals surface area contributed by atoms with Crippen molar-refractivity contribution in [2.24, 2.45) is 0 Å². The quantitative estimate of drug-likeness (QED) is 0.826. The lowest BCUT2D eigenvalue weighted by atomic mass is 10.1. The second-order valence-corrected chi connectivity index (χ2v) is 6.46. The van der Waals surface area contributed by atoms with E-state index in [0.717, 1.165) is 16.7 Å². The van der Waals surface area contributed by atoms with Crippen LogP contribution in [0.3, 0.4) is 0 Å². The lowest BCUT2D eigenvalue weighted by Gasteiger charge is -2.32. The fourth-order valence-electron chi connectivity index (χ4n) is 2.64. The molecule has 1 amide bonds. The van der Waals surface area contributed by atoms with Crippen LogP contribution >= 0.6 is 15.9 Å². The van der Waals surface area contributed by atoms with Crippen LogP contribution in [-0.4, -0.2) is 43.0 Å². The maximum absolute atomic E-state index is 11.9. The number of hydrogen-bond donors (Lipinski definition) is 2. The highest BCUT2D eigenvalue weighted by Gasteiger charge is 2.16. The van der Waals surface area contributed by atoms with Gasteiger partial charge in [0.1, 0.15) is 0 Å². The number of nitrogens with zero attached hydrogens (tertiary/aromatic N) is 1. The molecule has 2 N–H and O–H groups in total. The van der Waals surface area contributed by atoms with E-state index in [1.165, 1.54) is 32.4 Å². The van der Waals surface area contributed by atoms with E-state index in [9.17, 15) is 4.79 Å². The Kier molecular flexibility index (Phi) is 6.67. The highest BCUT2D eigenvalue weighted by atomic mass is 79.9. The van der Waals surface area contributed by atoms with Crippen LogP contribution in [0.5, 0.6) is 0 Å². The molecule has 2 rings (SSSR count). The summed E-state index contributed by atoms with van der Waals surface area (Å²) in [5, 5.41) is 6.15. The van der Waals surface area contributed by atoms with E-state index in [4.69, 9.17) is 0 Å². The number of amides is 1. The van der Waals surface area contributed by atoms with Crippen molar-refractivity contribution in [3.05, 3.63) is 28.7 Å². The largest absolute Gasteiger partial charge is 0.324 e. The maximum atomic E-state index is 11.9. The third-order valence-electron chi connectivity index (χ3n) is 3.89. The third-order valence-corrected chi connectivity index (χ3v) is 4.58. The first-order valence-electron chi connectivity index (χ1n) is 7.66. The number of piperidine rings is 1. The summed E-state index contributed by atoms with van der Waals surface area (Å²) in [4.78, 5) is 14.4. The smallest absolute Gasteiger partial charge is 0.238 e. The zero-order valence-electron chi connectivity index (χ0n) is 12.6. The molecule has 1 aromatic rings. The Morgan fingerprint density at radius 2 is 2.00 bits per heavy atom. The maximum Gasteiger partial charge on any atom is 0.238 e. The van der Waals surface area contributed by atoms with E-state index in [-0.39, 0.29) is 5.91 Å². The van der Waals surface area contributed by atoms with E-state index >= 15 is 0 Å². The average Bonchev–Trinajstić information content (AvgIpc) is 2.50. The lowest BCUT2D eigenvalue weighted by Crippen LogP contribution is -2.44. The van der Waals surface area contributed by atoms with Crippen molar-refractivity contribution >= 4 is 27.5 Å². The molecule has 1 aromatic carbocycles. The van der Waals surface area contributed by atoms with Gasteiger partial charge in [-0.05, 0) is 60.9 Å². The van der Waals surface area contributed by atoms with E-state index in [2.05, 4.69) is 38.4 Å². The molecule has 0 aromatic heterocycles. The molecule has 1 aliphatic heterocycles. The molecule has 21 heavy (non-hydrogen) atoms. The van der Waals surface area contributed by atoms with Crippen molar-refractivity contribution in [2.45, 2.75) is 32.2 Å². The number of carbonyl (C=O) groups excluding carboxylic acids is 1. The first kappa shape index (κ1) is 16.5. The van der Waals surface area contributed by atoms with Crippen molar-refractivity contribution in [2.75, 3.05) is 31.5 Å². The summed E-state index contributed by atoms with van der Waals surface area (Å²) in [5.74, 6) is -0.00672. The molecule has 1 aliphatic rings. The molecule has 1 heterocycles. The number of nitrogens with one attached hydrogen (secondary N) is 2. The Hall–Kier alpha value is -0.910. The number of likely N-dealkylation sites (tertiary alicyclic amines) is 1.